The van der Waals surface area contributed by atoms with Crippen LogP contribution in [0.5, 0.6) is 0 Å². The Hall–Kier alpha value is -0.690. The molecule has 0 radical (unpaired) electrons. The summed E-state index contributed by atoms with van der Waals surface area (Å²) < 4.78 is 44.5. The number of unbranched alkanes of at least 4 members (excludes halogenated alkanes) is 1. The zero-order valence-electron chi connectivity index (χ0n) is 11.4. The topological polar surface area (TPSA) is 55.4 Å². The third-order valence-corrected chi connectivity index (χ3v) is 4.35. The highest BCUT2D eigenvalue weighted by Crippen LogP contribution is 2.19. The van der Waals surface area contributed by atoms with Gasteiger partial charge in [-0.2, -0.15) is 0 Å². The Morgan fingerprint density at radius 3 is 2.65 bits per heavy atom. The first-order chi connectivity index (χ1) is 9.47. The quantitative estimate of drug-likeness (QED) is 0.711. The molecule has 1 aromatic carbocycles. The van der Waals surface area contributed by atoms with Gasteiger partial charge in [-0.25, -0.2) is 17.5 Å². The maximum Gasteiger partial charge on any atom is 0.240 e. The van der Waals surface area contributed by atoms with E-state index in [9.17, 15) is 12.8 Å². The Balaban J connectivity index is 2.40. The van der Waals surface area contributed by atoms with E-state index in [1.807, 2.05) is 0 Å². The molecule has 0 aliphatic rings. The molecule has 0 aromatic heterocycles. The summed E-state index contributed by atoms with van der Waals surface area (Å²) in [5.74, 6) is -0.644. The lowest BCUT2D eigenvalue weighted by molar-refractivity contribution is 0.130. The second-order valence-corrected chi connectivity index (χ2v) is 6.47. The van der Waals surface area contributed by atoms with Crippen LogP contribution in [0.2, 0.25) is 5.02 Å². The molecule has 0 saturated heterocycles. The second kappa shape index (κ2) is 8.56. The van der Waals surface area contributed by atoms with Gasteiger partial charge in [-0.3, -0.25) is 0 Å². The van der Waals surface area contributed by atoms with E-state index in [1.165, 1.54) is 6.07 Å². The zero-order chi connectivity index (χ0) is 15.0. The molecule has 114 valence electrons. The molecular weight excluding hydrogens is 305 g/mol. The number of sulfonamides is 1. The van der Waals surface area contributed by atoms with Crippen LogP contribution in [-0.2, 0) is 14.8 Å². The van der Waals surface area contributed by atoms with Crippen LogP contribution < -0.4 is 4.72 Å². The van der Waals surface area contributed by atoms with Crippen molar-refractivity contribution >= 4 is 21.6 Å². The molecule has 0 unspecified atom stereocenters. The van der Waals surface area contributed by atoms with Gasteiger partial charge in [0.15, 0.2) is 0 Å². The van der Waals surface area contributed by atoms with E-state index >= 15 is 0 Å². The van der Waals surface area contributed by atoms with E-state index in [2.05, 4.69) is 11.6 Å². The normalized spacial score (nSPS) is 11.8. The Morgan fingerprint density at radius 1 is 1.30 bits per heavy atom. The minimum absolute atomic E-state index is 0.0456. The smallest absolute Gasteiger partial charge is 0.240 e. The second-order valence-electron chi connectivity index (χ2n) is 4.29. The van der Waals surface area contributed by atoms with Crippen molar-refractivity contribution in [1.82, 2.24) is 4.72 Å². The van der Waals surface area contributed by atoms with Crippen molar-refractivity contribution in [3.63, 3.8) is 0 Å². The minimum Gasteiger partial charge on any atom is -0.381 e. The van der Waals surface area contributed by atoms with Crippen molar-refractivity contribution in [2.24, 2.45) is 0 Å². The number of benzene rings is 1. The van der Waals surface area contributed by atoms with E-state index in [0.717, 1.165) is 25.0 Å². The lowest BCUT2D eigenvalue weighted by Gasteiger charge is -2.07. The molecule has 20 heavy (non-hydrogen) atoms. The first-order valence-electron chi connectivity index (χ1n) is 6.50. The van der Waals surface area contributed by atoms with Crippen molar-refractivity contribution in [3.8, 4) is 0 Å². The van der Waals surface area contributed by atoms with Crippen LogP contribution in [-0.4, -0.2) is 28.2 Å². The van der Waals surface area contributed by atoms with Crippen LogP contribution >= 0.6 is 11.6 Å². The molecule has 1 N–H and O–H groups in total. The predicted molar refractivity (Wildman–Crippen MR) is 76.9 cm³/mol. The van der Waals surface area contributed by atoms with Crippen LogP contribution in [0, 0.1) is 5.82 Å². The molecule has 0 saturated carbocycles. The minimum atomic E-state index is -3.65. The summed E-state index contributed by atoms with van der Waals surface area (Å²) >= 11 is 5.56. The van der Waals surface area contributed by atoms with Crippen molar-refractivity contribution in [2.75, 3.05) is 19.8 Å². The summed E-state index contributed by atoms with van der Waals surface area (Å²) in [4.78, 5) is -0.0456. The third-order valence-electron chi connectivity index (χ3n) is 2.60. The Kier molecular flexibility index (Phi) is 7.43. The van der Waals surface area contributed by atoms with Crippen LogP contribution in [0.25, 0.3) is 0 Å². The van der Waals surface area contributed by atoms with E-state index in [4.69, 9.17) is 16.3 Å². The van der Waals surface area contributed by atoms with Gasteiger partial charge < -0.3 is 4.74 Å². The molecule has 1 rings (SSSR count). The SMILES string of the molecule is CCCCOCCCNS(=O)(=O)c1ccc(F)c(Cl)c1. The molecule has 0 fully saturated rings. The van der Waals surface area contributed by atoms with Crippen LogP contribution in [0.4, 0.5) is 4.39 Å². The van der Waals surface area contributed by atoms with Crippen molar-refractivity contribution < 1.29 is 17.5 Å². The fraction of sp³-hybridized carbons (Fsp3) is 0.538. The van der Waals surface area contributed by atoms with Gasteiger partial charge in [0.25, 0.3) is 0 Å². The Bertz CT molecular complexity index is 522. The van der Waals surface area contributed by atoms with Crippen LogP contribution in [0.1, 0.15) is 26.2 Å². The van der Waals surface area contributed by atoms with Crippen molar-refractivity contribution in [2.45, 2.75) is 31.1 Å². The average Bonchev–Trinajstić information content (AvgIpc) is 2.40. The monoisotopic (exact) mass is 323 g/mol. The predicted octanol–water partition coefficient (Wildman–Crippen LogP) is 2.96. The highest BCUT2D eigenvalue weighted by Gasteiger charge is 2.14. The molecule has 0 atom stereocenters. The summed E-state index contributed by atoms with van der Waals surface area (Å²) in [5, 5.41) is -0.212. The van der Waals surface area contributed by atoms with E-state index in [-0.39, 0.29) is 16.5 Å². The van der Waals surface area contributed by atoms with Gasteiger partial charge in [0, 0.05) is 19.8 Å². The number of hydrogen-bond donors (Lipinski definition) is 1. The summed E-state index contributed by atoms with van der Waals surface area (Å²) in [6.45, 7) is 3.54. The molecule has 0 aliphatic carbocycles. The molecule has 1 aromatic rings. The first kappa shape index (κ1) is 17.4. The Morgan fingerprint density at radius 2 is 2.00 bits per heavy atom. The van der Waals surface area contributed by atoms with Crippen LogP contribution in [0.15, 0.2) is 23.1 Å². The Labute approximate surface area is 124 Å². The molecule has 7 heteroatoms. The number of nitrogens with one attached hydrogen (secondary N) is 1. The molecule has 0 aliphatic heterocycles. The number of ether oxygens (including phenoxy) is 1. The third kappa shape index (κ3) is 5.75. The van der Waals surface area contributed by atoms with Crippen molar-refractivity contribution in [1.29, 1.82) is 0 Å². The highest BCUT2D eigenvalue weighted by molar-refractivity contribution is 7.89. The zero-order valence-corrected chi connectivity index (χ0v) is 12.9. The first-order valence-corrected chi connectivity index (χ1v) is 8.36. The van der Waals surface area contributed by atoms with Gasteiger partial charge in [-0.15, -0.1) is 0 Å². The maximum atomic E-state index is 13.0. The summed E-state index contributed by atoms with van der Waals surface area (Å²) in [6.07, 6.45) is 2.65. The van der Waals surface area contributed by atoms with Gasteiger partial charge in [0.1, 0.15) is 5.82 Å². The summed E-state index contributed by atoms with van der Waals surface area (Å²) in [7, 11) is -3.65. The molecule has 0 amide bonds. The average molecular weight is 324 g/mol. The van der Waals surface area contributed by atoms with Gasteiger partial charge in [-0.05, 0) is 31.0 Å². The van der Waals surface area contributed by atoms with Gasteiger partial charge in [0.05, 0.1) is 9.92 Å². The molecular formula is C13H19ClFNO3S. The number of rotatable bonds is 9. The van der Waals surface area contributed by atoms with Crippen LogP contribution in [0.3, 0.4) is 0 Å². The van der Waals surface area contributed by atoms with E-state index < -0.39 is 15.8 Å². The lowest BCUT2D eigenvalue weighted by Crippen LogP contribution is -2.25. The molecule has 0 bridgehead atoms. The molecule has 0 heterocycles. The standard InChI is InChI=1S/C13H19ClFNO3S/c1-2-3-8-19-9-4-7-16-20(17,18)11-5-6-13(15)12(14)10-11/h5-6,10,16H,2-4,7-9H2,1H3. The van der Waals surface area contributed by atoms with Gasteiger partial charge >= 0.3 is 0 Å². The summed E-state index contributed by atoms with van der Waals surface area (Å²) in [6, 6.07) is 3.31. The fourth-order valence-corrected chi connectivity index (χ4v) is 2.80. The van der Waals surface area contributed by atoms with Gasteiger partial charge in [0.2, 0.25) is 10.0 Å². The fourth-order valence-electron chi connectivity index (χ4n) is 1.46. The summed E-state index contributed by atoms with van der Waals surface area (Å²) in [5.41, 5.74) is 0. The molecule has 4 nitrogen and oxygen atoms in total. The maximum absolute atomic E-state index is 13.0. The van der Waals surface area contributed by atoms with Crippen molar-refractivity contribution in [3.05, 3.63) is 29.0 Å². The molecule has 0 spiro atoms. The number of halogens is 2. The van der Waals surface area contributed by atoms with E-state index in [1.54, 1.807) is 0 Å². The number of hydrogen-bond acceptors (Lipinski definition) is 3. The van der Waals surface area contributed by atoms with E-state index in [0.29, 0.717) is 19.6 Å². The van der Waals surface area contributed by atoms with Gasteiger partial charge in [-0.1, -0.05) is 24.9 Å². The highest BCUT2D eigenvalue weighted by atomic mass is 35.5. The largest absolute Gasteiger partial charge is 0.381 e. The lowest BCUT2D eigenvalue weighted by atomic mass is 10.3.